The summed E-state index contributed by atoms with van der Waals surface area (Å²) in [4.78, 5) is 4.34. The van der Waals surface area contributed by atoms with Gasteiger partial charge in [0.05, 0.1) is 6.61 Å². The predicted octanol–water partition coefficient (Wildman–Crippen LogP) is 5.55. The number of hydrogen-bond acceptors (Lipinski definition) is 4. The Morgan fingerprint density at radius 2 is 1.88 bits per heavy atom. The van der Waals surface area contributed by atoms with Crippen molar-refractivity contribution < 1.29 is 17.9 Å². The first kappa shape index (κ1) is 20.9. The summed E-state index contributed by atoms with van der Waals surface area (Å²) >= 11 is 0. The first-order chi connectivity index (χ1) is 15.9. The molecular weight excluding hydrogens is 429 g/mol. The van der Waals surface area contributed by atoms with E-state index in [1.54, 1.807) is 22.9 Å². The van der Waals surface area contributed by atoms with Gasteiger partial charge in [-0.2, -0.15) is 13.2 Å². The summed E-state index contributed by atoms with van der Waals surface area (Å²) in [5.41, 5.74) is 0.887. The van der Waals surface area contributed by atoms with E-state index in [9.17, 15) is 13.2 Å². The lowest BCUT2D eigenvalue weighted by molar-refractivity contribution is -0.137. The molecule has 1 aliphatic heterocycles. The quantitative estimate of drug-likeness (QED) is 0.505. The molecule has 0 atom stereocenters. The Morgan fingerprint density at radius 1 is 1.06 bits per heavy atom. The molecule has 3 aromatic rings. The van der Waals surface area contributed by atoms with Gasteiger partial charge in [-0.25, -0.2) is 4.98 Å². The first-order valence-electron chi connectivity index (χ1n) is 11.9. The van der Waals surface area contributed by atoms with Gasteiger partial charge in [0.25, 0.3) is 0 Å². The van der Waals surface area contributed by atoms with Crippen molar-refractivity contribution >= 4 is 5.65 Å². The molecule has 33 heavy (non-hydrogen) atoms. The lowest BCUT2D eigenvalue weighted by atomic mass is 9.67. The summed E-state index contributed by atoms with van der Waals surface area (Å²) in [5, 5.41) is 8.06. The van der Waals surface area contributed by atoms with Crippen LogP contribution in [0, 0.1) is 11.8 Å². The Balaban J connectivity index is 1.18. The van der Waals surface area contributed by atoms with Crippen LogP contribution in [0.4, 0.5) is 13.2 Å². The molecule has 174 valence electrons. The van der Waals surface area contributed by atoms with Crippen LogP contribution < -0.4 is 4.74 Å². The molecule has 0 bridgehead atoms. The minimum absolute atomic E-state index is 0.0234. The number of alkyl halides is 3. The zero-order valence-electron chi connectivity index (χ0n) is 18.4. The summed E-state index contributed by atoms with van der Waals surface area (Å²) < 4.78 is 49.6. The lowest BCUT2D eigenvalue weighted by Crippen LogP contribution is -2.33. The van der Waals surface area contributed by atoms with Crippen molar-refractivity contribution in [3.63, 3.8) is 0 Å². The van der Waals surface area contributed by atoms with Gasteiger partial charge in [0.1, 0.15) is 11.4 Å². The van der Waals surface area contributed by atoms with E-state index in [4.69, 9.17) is 4.74 Å². The number of nitrogens with zero attached hydrogens (tertiary/aromatic N) is 4. The van der Waals surface area contributed by atoms with E-state index < -0.39 is 11.7 Å². The van der Waals surface area contributed by atoms with Gasteiger partial charge in [0.2, 0.25) is 5.88 Å². The fraction of sp³-hybridized carbons (Fsp3) is 0.560. The van der Waals surface area contributed by atoms with Gasteiger partial charge in [0.15, 0.2) is 5.65 Å². The molecule has 8 heteroatoms. The van der Waals surface area contributed by atoms with Crippen LogP contribution in [0.15, 0.2) is 30.6 Å². The third-order valence-electron chi connectivity index (χ3n) is 7.90. The van der Waals surface area contributed by atoms with Crippen LogP contribution in [0.25, 0.3) is 5.65 Å². The summed E-state index contributed by atoms with van der Waals surface area (Å²) in [6.45, 7) is 0.664. The second-order valence-corrected chi connectivity index (χ2v) is 10.1. The van der Waals surface area contributed by atoms with Gasteiger partial charge in [0, 0.05) is 29.8 Å². The smallest absolute Gasteiger partial charge is 0.420 e. The minimum Gasteiger partial charge on any atom is -0.476 e. The summed E-state index contributed by atoms with van der Waals surface area (Å²) in [6.07, 6.45) is 7.12. The van der Waals surface area contributed by atoms with E-state index in [1.165, 1.54) is 5.56 Å². The summed E-state index contributed by atoms with van der Waals surface area (Å²) in [7, 11) is 0. The average Bonchev–Trinajstić information content (AvgIpc) is 3.44. The van der Waals surface area contributed by atoms with E-state index >= 15 is 0 Å². The van der Waals surface area contributed by atoms with Crippen molar-refractivity contribution in [2.24, 2.45) is 11.8 Å². The van der Waals surface area contributed by atoms with E-state index in [0.29, 0.717) is 42.7 Å². The van der Waals surface area contributed by atoms with E-state index in [1.807, 2.05) is 6.07 Å². The largest absolute Gasteiger partial charge is 0.476 e. The zero-order valence-corrected chi connectivity index (χ0v) is 18.4. The molecule has 0 radical (unpaired) electrons. The van der Waals surface area contributed by atoms with Crippen molar-refractivity contribution in [2.45, 2.75) is 69.4 Å². The Bertz CT molecular complexity index is 1180. The van der Waals surface area contributed by atoms with Crippen molar-refractivity contribution in [2.75, 3.05) is 6.61 Å². The van der Waals surface area contributed by atoms with Gasteiger partial charge >= 0.3 is 6.18 Å². The van der Waals surface area contributed by atoms with E-state index in [0.717, 1.165) is 50.8 Å². The third-order valence-corrected chi connectivity index (χ3v) is 7.90. The maximum atomic E-state index is 14.1. The van der Waals surface area contributed by atoms with Gasteiger partial charge in [-0.1, -0.05) is 6.07 Å². The third kappa shape index (κ3) is 3.77. The average molecular weight is 457 g/mol. The van der Waals surface area contributed by atoms with Crippen LogP contribution in [0.1, 0.15) is 67.5 Å². The molecule has 0 saturated heterocycles. The predicted molar refractivity (Wildman–Crippen MR) is 116 cm³/mol. The Morgan fingerprint density at radius 3 is 2.64 bits per heavy atom. The molecule has 3 aliphatic rings. The Labute approximate surface area is 190 Å². The van der Waals surface area contributed by atoms with Crippen LogP contribution in [-0.4, -0.2) is 26.2 Å². The number of pyridine rings is 2. The molecule has 0 unspecified atom stereocenters. The molecule has 6 rings (SSSR count). The molecule has 2 fully saturated rings. The highest BCUT2D eigenvalue weighted by Gasteiger charge is 2.44. The monoisotopic (exact) mass is 456 g/mol. The number of fused-ring (bicyclic) bond motifs is 3. The van der Waals surface area contributed by atoms with Crippen LogP contribution in [-0.2, 0) is 24.4 Å². The molecule has 2 aliphatic carbocycles. The number of halogens is 3. The lowest BCUT2D eigenvalue weighted by Gasteiger charge is -2.36. The number of rotatable bonds is 5. The topological polar surface area (TPSA) is 52.3 Å². The highest BCUT2D eigenvalue weighted by Crippen LogP contribution is 2.49. The second kappa shape index (κ2) is 7.71. The van der Waals surface area contributed by atoms with Crippen molar-refractivity contribution in [1.82, 2.24) is 19.6 Å². The molecule has 0 N–H and O–H groups in total. The van der Waals surface area contributed by atoms with Gasteiger partial charge in [-0.15, -0.1) is 10.2 Å². The SMILES string of the molecule is FC(F)(F)c1c(CCC2CCC3(CC2)COc2ncccc23)ccn2c(CC3CC3)nnc12. The van der Waals surface area contributed by atoms with Crippen LogP contribution >= 0.6 is 0 Å². The molecule has 3 aromatic heterocycles. The molecule has 1 spiro atoms. The Hall–Kier alpha value is -2.64. The molecule has 5 nitrogen and oxygen atoms in total. The minimum atomic E-state index is -4.45. The highest BCUT2D eigenvalue weighted by molar-refractivity contribution is 5.53. The summed E-state index contributed by atoms with van der Waals surface area (Å²) in [6, 6.07) is 5.69. The fourth-order valence-electron chi connectivity index (χ4n) is 5.76. The maximum Gasteiger partial charge on any atom is 0.420 e. The highest BCUT2D eigenvalue weighted by atomic mass is 19.4. The normalized spacial score (nSPS) is 24.9. The number of ether oxygens (including phenoxy) is 1. The fourth-order valence-corrected chi connectivity index (χ4v) is 5.76. The molecule has 4 heterocycles. The first-order valence-corrected chi connectivity index (χ1v) is 11.9. The standard InChI is InChI=1S/C25H27F3N4O/c26-25(27,28)21-18(9-13-32-20(14-17-3-4-17)30-31-22(21)32)6-5-16-7-10-24(11-8-16)15-33-23-19(24)2-1-12-29-23/h1-2,9,12-13,16-17H,3-8,10-11,14-15H2. The maximum absolute atomic E-state index is 14.1. The van der Waals surface area contributed by atoms with E-state index in [-0.39, 0.29) is 11.1 Å². The molecular formula is C25H27F3N4O. The van der Waals surface area contributed by atoms with Crippen LogP contribution in [0.2, 0.25) is 0 Å². The molecule has 0 aromatic carbocycles. The zero-order chi connectivity index (χ0) is 22.6. The van der Waals surface area contributed by atoms with E-state index in [2.05, 4.69) is 21.2 Å². The van der Waals surface area contributed by atoms with Crippen LogP contribution in [0.5, 0.6) is 5.88 Å². The number of aryl methyl sites for hydroxylation is 1. The van der Waals surface area contributed by atoms with Gasteiger partial charge in [-0.05, 0) is 80.9 Å². The number of aromatic nitrogens is 4. The number of hydrogen-bond donors (Lipinski definition) is 0. The van der Waals surface area contributed by atoms with Crippen LogP contribution in [0.3, 0.4) is 0 Å². The van der Waals surface area contributed by atoms with Crippen molar-refractivity contribution in [3.05, 3.63) is 53.1 Å². The second-order valence-electron chi connectivity index (χ2n) is 10.1. The van der Waals surface area contributed by atoms with Crippen molar-refractivity contribution in [3.8, 4) is 5.88 Å². The molecule has 2 saturated carbocycles. The van der Waals surface area contributed by atoms with Crippen molar-refractivity contribution in [1.29, 1.82) is 0 Å². The Kier molecular flexibility index (Phi) is 4.89. The summed E-state index contributed by atoms with van der Waals surface area (Å²) in [5.74, 6) is 2.33. The van der Waals surface area contributed by atoms with Gasteiger partial charge < -0.3 is 4.74 Å². The van der Waals surface area contributed by atoms with Gasteiger partial charge in [-0.3, -0.25) is 4.40 Å². The molecule has 0 amide bonds.